The standard InChI is InChI=1S/C19H27BrN6O2S.2C2HF3O2/c1-23(2)12-15-13-25(22-21-15)14-16-7-10-26(16)29(27,28)17-5-6-19(18(20)11-17)24-8-3-4-9-24;2*3-2(4,5)1(6)7/h5-6,11,13,16H,3-4,7-10,12,14H2,1-2H3;2*(H,6,7). The van der Waals surface area contributed by atoms with E-state index in [1.165, 1.54) is 12.8 Å². The van der Waals surface area contributed by atoms with Crippen molar-refractivity contribution in [3.63, 3.8) is 0 Å². The quantitative estimate of drug-likeness (QED) is 0.410. The molecule has 4 rings (SSSR count). The minimum absolute atomic E-state index is 0.0917. The Morgan fingerprint density at radius 2 is 1.56 bits per heavy atom. The molecule has 2 aliphatic heterocycles. The molecule has 2 saturated heterocycles. The van der Waals surface area contributed by atoms with Gasteiger partial charge in [0, 0.05) is 42.9 Å². The maximum absolute atomic E-state index is 13.2. The summed E-state index contributed by atoms with van der Waals surface area (Å²) in [4.78, 5) is 22.4. The number of aromatic nitrogens is 3. The number of carboxylic acid groups (broad SMARTS) is 2. The number of sulfonamides is 1. The summed E-state index contributed by atoms with van der Waals surface area (Å²) < 4.78 is 94.0. The van der Waals surface area contributed by atoms with E-state index in [1.807, 2.05) is 31.3 Å². The molecule has 1 aromatic heterocycles. The molecule has 242 valence electrons. The lowest BCUT2D eigenvalue weighted by Gasteiger charge is -2.39. The van der Waals surface area contributed by atoms with E-state index in [2.05, 4.69) is 31.1 Å². The lowest BCUT2D eigenvalue weighted by molar-refractivity contribution is -0.193. The number of hydrogen-bond donors (Lipinski definition) is 2. The van der Waals surface area contributed by atoms with Gasteiger partial charge in [-0.3, -0.25) is 4.68 Å². The second-order valence-electron chi connectivity index (χ2n) is 9.64. The van der Waals surface area contributed by atoms with Gasteiger partial charge in [0.2, 0.25) is 10.0 Å². The fraction of sp³-hybridized carbons (Fsp3) is 0.565. The third kappa shape index (κ3) is 10.6. The number of rotatable bonds is 7. The topological polar surface area (TPSA) is 149 Å². The van der Waals surface area contributed by atoms with Crippen molar-refractivity contribution in [1.82, 2.24) is 24.2 Å². The Kier molecular flexibility index (Phi) is 12.4. The summed E-state index contributed by atoms with van der Waals surface area (Å²) in [6.45, 7) is 3.81. The van der Waals surface area contributed by atoms with Crippen LogP contribution in [-0.4, -0.2) is 107 Å². The summed E-state index contributed by atoms with van der Waals surface area (Å²) in [6.07, 6.45) is -5.08. The predicted molar refractivity (Wildman–Crippen MR) is 143 cm³/mol. The van der Waals surface area contributed by atoms with Crippen LogP contribution in [0.3, 0.4) is 0 Å². The summed E-state index contributed by atoms with van der Waals surface area (Å²) in [6, 6.07) is 5.30. The van der Waals surface area contributed by atoms with Gasteiger partial charge in [0.1, 0.15) is 0 Å². The van der Waals surface area contributed by atoms with Gasteiger partial charge < -0.3 is 20.0 Å². The van der Waals surface area contributed by atoms with Gasteiger partial charge in [-0.15, -0.1) is 5.10 Å². The van der Waals surface area contributed by atoms with Crippen molar-refractivity contribution < 1.29 is 54.6 Å². The molecule has 0 bridgehead atoms. The summed E-state index contributed by atoms with van der Waals surface area (Å²) in [5, 5.41) is 22.6. The number of anilines is 1. The largest absolute Gasteiger partial charge is 0.490 e. The first-order valence-corrected chi connectivity index (χ1v) is 14.7. The maximum Gasteiger partial charge on any atom is 0.490 e. The molecule has 2 aromatic rings. The average Bonchev–Trinajstić information content (AvgIpc) is 3.53. The highest BCUT2D eigenvalue weighted by atomic mass is 79.9. The maximum atomic E-state index is 13.2. The third-order valence-corrected chi connectivity index (χ3v) is 8.59. The molecule has 1 unspecified atom stereocenters. The predicted octanol–water partition coefficient (Wildman–Crippen LogP) is 3.43. The molecule has 1 atom stereocenters. The Labute approximate surface area is 251 Å². The van der Waals surface area contributed by atoms with Crippen LogP contribution in [0.5, 0.6) is 0 Å². The second-order valence-corrected chi connectivity index (χ2v) is 12.4. The van der Waals surface area contributed by atoms with Crippen LogP contribution >= 0.6 is 15.9 Å². The normalized spacial score (nSPS) is 17.4. The molecule has 0 spiro atoms. The first kappa shape index (κ1) is 36.2. The Hall–Kier alpha value is -2.97. The van der Waals surface area contributed by atoms with Gasteiger partial charge in [0.05, 0.1) is 22.8 Å². The lowest BCUT2D eigenvalue weighted by atomic mass is 10.1. The number of carbonyl (C=O) groups is 2. The van der Waals surface area contributed by atoms with Crippen molar-refractivity contribution in [2.45, 2.75) is 55.6 Å². The molecule has 20 heteroatoms. The van der Waals surface area contributed by atoms with Crippen molar-refractivity contribution in [1.29, 1.82) is 0 Å². The molecule has 2 aliphatic rings. The highest BCUT2D eigenvalue weighted by molar-refractivity contribution is 9.10. The summed E-state index contributed by atoms with van der Waals surface area (Å²) in [5.74, 6) is -5.51. The zero-order valence-electron chi connectivity index (χ0n) is 22.8. The van der Waals surface area contributed by atoms with E-state index in [1.54, 1.807) is 21.1 Å². The number of alkyl halides is 6. The molecule has 1 aromatic carbocycles. The molecule has 0 radical (unpaired) electrons. The molecule has 2 N–H and O–H groups in total. The number of hydrogen-bond acceptors (Lipinski definition) is 8. The van der Waals surface area contributed by atoms with Crippen molar-refractivity contribution >= 4 is 43.6 Å². The van der Waals surface area contributed by atoms with Gasteiger partial charge >= 0.3 is 24.3 Å². The summed E-state index contributed by atoms with van der Waals surface area (Å²) in [7, 11) is 0.426. The van der Waals surface area contributed by atoms with Crippen LogP contribution in [0.4, 0.5) is 32.0 Å². The number of halogens is 7. The van der Waals surface area contributed by atoms with Gasteiger partial charge in [-0.25, -0.2) is 18.0 Å². The molecule has 12 nitrogen and oxygen atoms in total. The summed E-state index contributed by atoms with van der Waals surface area (Å²) >= 11 is 3.58. The Balaban J connectivity index is 0.000000384. The van der Waals surface area contributed by atoms with Crippen LogP contribution in [-0.2, 0) is 32.7 Å². The SMILES string of the molecule is CN(C)Cc1cn(CC2CCN2S(=O)(=O)c2ccc(N3CCCC3)c(Br)c2)nn1.O=C(O)C(F)(F)F.O=C(O)C(F)(F)F. The molecular formula is C23H29BrF6N6O6S. The third-order valence-electron chi connectivity index (χ3n) is 6.01. The van der Waals surface area contributed by atoms with E-state index in [0.29, 0.717) is 24.5 Å². The zero-order chi connectivity index (χ0) is 32.8. The molecule has 0 amide bonds. The molecular weight excluding hydrogens is 682 g/mol. The monoisotopic (exact) mass is 710 g/mol. The Morgan fingerprint density at radius 3 is 1.98 bits per heavy atom. The van der Waals surface area contributed by atoms with Crippen LogP contribution < -0.4 is 4.90 Å². The second kappa shape index (κ2) is 14.7. The molecule has 2 fully saturated rings. The van der Waals surface area contributed by atoms with Gasteiger partial charge in [0.25, 0.3) is 0 Å². The van der Waals surface area contributed by atoms with Gasteiger partial charge in [-0.05, 0) is 67.5 Å². The van der Waals surface area contributed by atoms with Gasteiger partial charge in [-0.2, -0.15) is 30.6 Å². The van der Waals surface area contributed by atoms with Crippen molar-refractivity contribution in [2.24, 2.45) is 0 Å². The number of benzene rings is 1. The molecule has 3 heterocycles. The van der Waals surface area contributed by atoms with E-state index in [9.17, 15) is 34.8 Å². The van der Waals surface area contributed by atoms with Gasteiger partial charge in [-0.1, -0.05) is 5.21 Å². The van der Waals surface area contributed by atoms with E-state index in [0.717, 1.165) is 35.4 Å². The molecule has 0 aliphatic carbocycles. The van der Waals surface area contributed by atoms with E-state index >= 15 is 0 Å². The van der Waals surface area contributed by atoms with Crippen molar-refractivity contribution in [2.75, 3.05) is 38.6 Å². The number of nitrogens with zero attached hydrogens (tertiary/aromatic N) is 6. The first-order chi connectivity index (χ1) is 19.7. The van der Waals surface area contributed by atoms with Crippen molar-refractivity contribution in [3.8, 4) is 0 Å². The summed E-state index contributed by atoms with van der Waals surface area (Å²) in [5.41, 5.74) is 1.95. The van der Waals surface area contributed by atoms with Gasteiger partial charge in [0.15, 0.2) is 0 Å². The number of carboxylic acids is 2. The average molecular weight is 711 g/mol. The molecule has 0 saturated carbocycles. The van der Waals surface area contributed by atoms with Crippen LogP contribution in [0, 0.1) is 0 Å². The van der Waals surface area contributed by atoms with Crippen molar-refractivity contribution in [3.05, 3.63) is 34.6 Å². The zero-order valence-corrected chi connectivity index (χ0v) is 25.2. The van der Waals surface area contributed by atoms with E-state index < -0.39 is 34.3 Å². The first-order valence-electron chi connectivity index (χ1n) is 12.4. The highest BCUT2D eigenvalue weighted by Crippen LogP contribution is 2.34. The minimum Gasteiger partial charge on any atom is -0.475 e. The Bertz CT molecular complexity index is 1340. The smallest absolute Gasteiger partial charge is 0.475 e. The number of aliphatic carboxylic acids is 2. The van der Waals surface area contributed by atoms with E-state index in [4.69, 9.17) is 19.8 Å². The van der Waals surface area contributed by atoms with E-state index in [-0.39, 0.29) is 6.04 Å². The minimum atomic E-state index is -5.08. The highest BCUT2D eigenvalue weighted by Gasteiger charge is 2.40. The van der Waals surface area contributed by atoms with Crippen LogP contribution in [0.25, 0.3) is 0 Å². The fourth-order valence-electron chi connectivity index (χ4n) is 3.95. The Morgan fingerprint density at radius 1 is 1.02 bits per heavy atom. The van der Waals surface area contributed by atoms with Crippen LogP contribution in [0.15, 0.2) is 33.8 Å². The lowest BCUT2D eigenvalue weighted by Crippen LogP contribution is -2.52. The molecule has 43 heavy (non-hydrogen) atoms. The van der Waals surface area contributed by atoms with Crippen LogP contribution in [0.1, 0.15) is 25.0 Å². The fourth-order valence-corrected chi connectivity index (χ4v) is 6.42. The van der Waals surface area contributed by atoms with Crippen LogP contribution in [0.2, 0.25) is 0 Å².